The number of likely N-dealkylation sites (tertiary alicyclic amines) is 1. The van der Waals surface area contributed by atoms with Crippen molar-refractivity contribution >= 4 is 17.2 Å². The molecule has 0 unspecified atom stereocenters. The number of piperidine rings is 1. The number of carbonyl (C=O) groups excluding carboxylic acids is 1. The molecule has 0 N–H and O–H groups in total. The summed E-state index contributed by atoms with van der Waals surface area (Å²) in [6, 6.07) is 6.17. The molecule has 2 aromatic heterocycles. The molecule has 134 valence electrons. The van der Waals surface area contributed by atoms with E-state index in [1.54, 1.807) is 40.6 Å². The van der Waals surface area contributed by atoms with Crippen LogP contribution in [-0.4, -0.2) is 38.4 Å². The number of aromatic nitrogens is 3. The Kier molecular flexibility index (Phi) is 4.79. The molecule has 0 bridgehead atoms. The molecule has 1 amide bonds. The third-order valence-electron chi connectivity index (χ3n) is 4.74. The molecule has 0 spiro atoms. The van der Waals surface area contributed by atoms with Crippen molar-refractivity contribution in [2.24, 2.45) is 0 Å². The highest BCUT2D eigenvalue weighted by molar-refractivity contribution is 7.07. The number of thiazole rings is 1. The molecule has 4 rings (SSSR count). The lowest BCUT2D eigenvalue weighted by atomic mass is 9.96. The van der Waals surface area contributed by atoms with Crippen LogP contribution in [0.1, 0.15) is 40.6 Å². The molecule has 1 aliphatic heterocycles. The maximum atomic E-state index is 14.0. The Balaban J connectivity index is 1.52. The van der Waals surface area contributed by atoms with Gasteiger partial charge in [-0.3, -0.25) is 4.79 Å². The third-order valence-corrected chi connectivity index (χ3v) is 5.38. The fraction of sp³-hybridized carbons (Fsp3) is 0.316. The first kappa shape index (κ1) is 16.9. The lowest BCUT2D eigenvalue weighted by Crippen LogP contribution is -2.40. The predicted octanol–water partition coefficient (Wildman–Crippen LogP) is 3.55. The number of rotatable bonds is 4. The highest BCUT2D eigenvalue weighted by Crippen LogP contribution is 2.27. The van der Waals surface area contributed by atoms with Gasteiger partial charge in [0.2, 0.25) is 0 Å². The monoisotopic (exact) mass is 370 g/mol. The molecule has 0 saturated carbocycles. The Labute approximate surface area is 155 Å². The van der Waals surface area contributed by atoms with Crippen LogP contribution in [0.4, 0.5) is 4.39 Å². The summed E-state index contributed by atoms with van der Waals surface area (Å²) in [5.41, 5.74) is 2.96. The summed E-state index contributed by atoms with van der Waals surface area (Å²) in [7, 11) is 0. The first-order chi connectivity index (χ1) is 12.7. The molecule has 3 aromatic rings. The van der Waals surface area contributed by atoms with Crippen molar-refractivity contribution in [1.29, 1.82) is 0 Å². The molecule has 26 heavy (non-hydrogen) atoms. The Morgan fingerprint density at radius 1 is 1.31 bits per heavy atom. The summed E-state index contributed by atoms with van der Waals surface area (Å²) in [5.74, 6) is 0.396. The van der Waals surface area contributed by atoms with E-state index in [1.807, 2.05) is 17.1 Å². The fourth-order valence-corrected chi connectivity index (χ4v) is 4.03. The van der Waals surface area contributed by atoms with Gasteiger partial charge in [0, 0.05) is 36.8 Å². The SMILES string of the molecule is O=C(c1ccccc1F)N1CCC[C@H](c2nccn2Cc2cscn2)C1. The number of nitrogens with zero attached hydrogens (tertiary/aromatic N) is 4. The summed E-state index contributed by atoms with van der Waals surface area (Å²) in [5, 5.41) is 2.03. The van der Waals surface area contributed by atoms with Gasteiger partial charge in [-0.2, -0.15) is 0 Å². The highest BCUT2D eigenvalue weighted by Gasteiger charge is 2.29. The van der Waals surface area contributed by atoms with E-state index in [0.717, 1.165) is 24.4 Å². The van der Waals surface area contributed by atoms with E-state index in [9.17, 15) is 9.18 Å². The molecule has 1 fully saturated rings. The van der Waals surface area contributed by atoms with Crippen LogP contribution in [-0.2, 0) is 6.54 Å². The van der Waals surface area contributed by atoms with Gasteiger partial charge in [0.1, 0.15) is 11.6 Å². The van der Waals surface area contributed by atoms with Crippen LogP contribution in [0.2, 0.25) is 0 Å². The minimum absolute atomic E-state index is 0.138. The molecule has 0 aliphatic carbocycles. The Morgan fingerprint density at radius 3 is 3.00 bits per heavy atom. The number of hydrogen-bond acceptors (Lipinski definition) is 4. The van der Waals surface area contributed by atoms with Gasteiger partial charge in [0.05, 0.1) is 23.3 Å². The lowest BCUT2D eigenvalue weighted by molar-refractivity contribution is 0.0698. The predicted molar refractivity (Wildman–Crippen MR) is 97.7 cm³/mol. The lowest BCUT2D eigenvalue weighted by Gasteiger charge is -2.32. The molecule has 1 atom stereocenters. The van der Waals surface area contributed by atoms with Gasteiger partial charge in [-0.25, -0.2) is 14.4 Å². The Bertz CT molecular complexity index is 893. The van der Waals surface area contributed by atoms with E-state index in [2.05, 4.69) is 14.5 Å². The second kappa shape index (κ2) is 7.37. The number of amides is 1. The smallest absolute Gasteiger partial charge is 0.256 e. The Morgan fingerprint density at radius 2 is 2.19 bits per heavy atom. The number of hydrogen-bond donors (Lipinski definition) is 0. The summed E-state index contributed by atoms with van der Waals surface area (Å²) >= 11 is 1.57. The fourth-order valence-electron chi connectivity index (χ4n) is 3.48. The minimum atomic E-state index is -0.468. The van der Waals surface area contributed by atoms with E-state index < -0.39 is 5.82 Å². The molecular formula is C19H19FN4OS. The minimum Gasteiger partial charge on any atom is -0.338 e. The highest BCUT2D eigenvalue weighted by atomic mass is 32.1. The molecule has 1 aliphatic rings. The quantitative estimate of drug-likeness (QED) is 0.706. The topological polar surface area (TPSA) is 51.0 Å². The van der Waals surface area contributed by atoms with Gasteiger partial charge < -0.3 is 9.47 Å². The van der Waals surface area contributed by atoms with Crippen LogP contribution in [0.5, 0.6) is 0 Å². The van der Waals surface area contributed by atoms with Crippen molar-refractivity contribution in [3.63, 3.8) is 0 Å². The van der Waals surface area contributed by atoms with Crippen LogP contribution in [0.15, 0.2) is 47.5 Å². The molecule has 1 aromatic carbocycles. The zero-order chi connectivity index (χ0) is 17.9. The van der Waals surface area contributed by atoms with Gasteiger partial charge in [-0.05, 0) is 25.0 Å². The molecule has 5 nitrogen and oxygen atoms in total. The van der Waals surface area contributed by atoms with Crippen LogP contribution in [0.25, 0.3) is 0 Å². The maximum absolute atomic E-state index is 14.0. The number of imidazole rings is 1. The molecule has 3 heterocycles. The van der Waals surface area contributed by atoms with E-state index in [0.29, 0.717) is 19.6 Å². The van der Waals surface area contributed by atoms with Crippen molar-refractivity contribution in [3.8, 4) is 0 Å². The van der Waals surface area contributed by atoms with Crippen molar-refractivity contribution in [1.82, 2.24) is 19.4 Å². The van der Waals surface area contributed by atoms with E-state index >= 15 is 0 Å². The molecule has 0 radical (unpaired) electrons. The summed E-state index contributed by atoms with van der Waals surface area (Å²) in [6.07, 6.45) is 5.59. The number of carbonyl (C=O) groups is 1. The summed E-state index contributed by atoms with van der Waals surface area (Å²) < 4.78 is 16.1. The van der Waals surface area contributed by atoms with E-state index in [4.69, 9.17) is 0 Å². The molecular weight excluding hydrogens is 351 g/mol. The van der Waals surface area contributed by atoms with Crippen LogP contribution >= 0.6 is 11.3 Å². The largest absolute Gasteiger partial charge is 0.338 e. The van der Waals surface area contributed by atoms with Crippen LogP contribution in [0, 0.1) is 5.82 Å². The molecule has 7 heteroatoms. The van der Waals surface area contributed by atoms with Crippen molar-refractivity contribution in [2.45, 2.75) is 25.3 Å². The maximum Gasteiger partial charge on any atom is 0.256 e. The second-order valence-corrected chi connectivity index (χ2v) is 7.18. The van der Waals surface area contributed by atoms with Gasteiger partial charge >= 0.3 is 0 Å². The first-order valence-electron chi connectivity index (χ1n) is 8.64. The van der Waals surface area contributed by atoms with E-state index in [-0.39, 0.29) is 17.4 Å². The van der Waals surface area contributed by atoms with Crippen molar-refractivity contribution < 1.29 is 9.18 Å². The summed E-state index contributed by atoms with van der Waals surface area (Å²) in [6.45, 7) is 1.88. The number of halogens is 1. The van der Waals surface area contributed by atoms with Gasteiger partial charge in [0.25, 0.3) is 5.91 Å². The van der Waals surface area contributed by atoms with E-state index in [1.165, 1.54) is 6.07 Å². The zero-order valence-electron chi connectivity index (χ0n) is 14.2. The van der Waals surface area contributed by atoms with Crippen molar-refractivity contribution in [3.05, 3.63) is 70.4 Å². The summed E-state index contributed by atoms with van der Waals surface area (Å²) in [4.78, 5) is 23.3. The van der Waals surface area contributed by atoms with Crippen molar-refractivity contribution in [2.75, 3.05) is 13.1 Å². The van der Waals surface area contributed by atoms with Gasteiger partial charge in [-0.1, -0.05) is 12.1 Å². The zero-order valence-corrected chi connectivity index (χ0v) is 15.0. The van der Waals surface area contributed by atoms with Gasteiger partial charge in [0.15, 0.2) is 0 Å². The molecule has 1 saturated heterocycles. The average molecular weight is 370 g/mol. The standard InChI is InChI=1S/C19H19FN4OS/c20-17-6-2-1-5-16(17)19(25)24-8-3-4-14(10-24)18-21-7-9-23(18)11-15-12-26-13-22-15/h1-2,5-7,9,12-14H,3-4,8,10-11H2/t14-/m0/s1. The second-order valence-electron chi connectivity index (χ2n) is 6.46. The Hall–Kier alpha value is -2.54. The normalized spacial score (nSPS) is 17.4. The van der Waals surface area contributed by atoms with Crippen LogP contribution < -0.4 is 0 Å². The van der Waals surface area contributed by atoms with Crippen LogP contribution in [0.3, 0.4) is 0 Å². The van der Waals surface area contributed by atoms with Gasteiger partial charge in [-0.15, -0.1) is 11.3 Å². The third kappa shape index (κ3) is 3.39. The average Bonchev–Trinajstić information content (AvgIpc) is 3.34. The number of benzene rings is 1. The first-order valence-corrected chi connectivity index (χ1v) is 9.58.